The van der Waals surface area contributed by atoms with Gasteiger partial charge >= 0.3 is 0 Å². The highest BCUT2D eigenvalue weighted by molar-refractivity contribution is 7.99. The number of rotatable bonds is 6. The highest BCUT2D eigenvalue weighted by atomic mass is 35.5. The van der Waals surface area contributed by atoms with Crippen LogP contribution in [0.4, 0.5) is 5.13 Å². The zero-order chi connectivity index (χ0) is 21.3. The maximum Gasteiger partial charge on any atom is 0.260 e. The Bertz CT molecular complexity index is 1020. The lowest BCUT2D eigenvalue weighted by Gasteiger charge is -2.23. The van der Waals surface area contributed by atoms with E-state index in [0.29, 0.717) is 27.5 Å². The van der Waals surface area contributed by atoms with Crippen LogP contribution >= 0.6 is 34.7 Å². The average molecular weight is 461 g/mol. The van der Waals surface area contributed by atoms with Gasteiger partial charge in [-0.25, -0.2) is 4.98 Å². The standard InChI is InChI=1S/C23H25ClN2O2S2/c1-14(2)29-18-8-4-6-16(12-18)22(27)26(13-17-7-5-11-28-17)23-25-20-15(3)9-10-19(24)21(20)30-23/h4,6,8-10,12,14,17H,5,7,11,13H2,1-3H3. The lowest BCUT2D eigenvalue weighted by atomic mass is 10.1. The first-order valence-electron chi connectivity index (χ1n) is 10.2. The Kier molecular flexibility index (Phi) is 6.68. The van der Waals surface area contributed by atoms with Gasteiger partial charge in [-0.3, -0.25) is 9.69 Å². The van der Waals surface area contributed by atoms with Gasteiger partial charge in [0.05, 0.1) is 27.9 Å². The number of benzene rings is 2. The molecule has 1 aliphatic rings. The van der Waals surface area contributed by atoms with E-state index in [1.54, 1.807) is 16.7 Å². The van der Waals surface area contributed by atoms with Gasteiger partial charge < -0.3 is 4.74 Å². The molecular weight excluding hydrogens is 436 g/mol. The van der Waals surface area contributed by atoms with E-state index in [0.717, 1.165) is 40.1 Å². The van der Waals surface area contributed by atoms with Crippen molar-refractivity contribution >= 4 is 56.0 Å². The fourth-order valence-corrected chi connectivity index (χ4v) is 5.80. The summed E-state index contributed by atoms with van der Waals surface area (Å²) < 4.78 is 6.76. The zero-order valence-electron chi connectivity index (χ0n) is 17.4. The first-order chi connectivity index (χ1) is 14.4. The number of carbonyl (C=O) groups is 1. The highest BCUT2D eigenvalue weighted by Gasteiger charge is 2.27. The molecule has 0 bridgehead atoms. The topological polar surface area (TPSA) is 42.4 Å². The summed E-state index contributed by atoms with van der Waals surface area (Å²) in [6.07, 6.45) is 2.01. The third-order valence-electron chi connectivity index (χ3n) is 5.02. The molecule has 0 saturated carbocycles. The minimum Gasteiger partial charge on any atom is -0.376 e. The van der Waals surface area contributed by atoms with Gasteiger partial charge in [-0.1, -0.05) is 48.9 Å². The SMILES string of the molecule is Cc1ccc(Cl)c2sc(N(CC3CCCO3)C(=O)c3cccc(SC(C)C)c3)nc12. The first kappa shape index (κ1) is 21.6. The number of aromatic nitrogens is 1. The van der Waals surface area contributed by atoms with Gasteiger partial charge in [-0.05, 0) is 49.6 Å². The van der Waals surface area contributed by atoms with Crippen molar-refractivity contribution in [2.24, 2.45) is 0 Å². The van der Waals surface area contributed by atoms with E-state index in [1.165, 1.54) is 11.3 Å². The Morgan fingerprint density at radius 2 is 2.20 bits per heavy atom. The molecule has 1 saturated heterocycles. The molecule has 4 nitrogen and oxygen atoms in total. The van der Waals surface area contributed by atoms with Crippen LogP contribution in [-0.2, 0) is 4.74 Å². The van der Waals surface area contributed by atoms with Crippen molar-refractivity contribution in [3.63, 3.8) is 0 Å². The molecule has 1 unspecified atom stereocenters. The molecule has 1 aromatic heterocycles. The first-order valence-corrected chi connectivity index (χ1v) is 12.3. The molecule has 30 heavy (non-hydrogen) atoms. The molecule has 0 radical (unpaired) electrons. The molecule has 1 atom stereocenters. The molecule has 1 amide bonds. The summed E-state index contributed by atoms with van der Waals surface area (Å²) in [4.78, 5) is 21.3. The van der Waals surface area contributed by atoms with Gasteiger partial charge in [-0.15, -0.1) is 11.8 Å². The van der Waals surface area contributed by atoms with Crippen LogP contribution in [0.3, 0.4) is 0 Å². The van der Waals surface area contributed by atoms with Crippen molar-refractivity contribution in [1.29, 1.82) is 0 Å². The number of hydrogen-bond donors (Lipinski definition) is 0. The molecule has 7 heteroatoms. The van der Waals surface area contributed by atoms with Gasteiger partial charge in [0.15, 0.2) is 5.13 Å². The maximum absolute atomic E-state index is 13.6. The second kappa shape index (κ2) is 9.27. The molecule has 1 fully saturated rings. The summed E-state index contributed by atoms with van der Waals surface area (Å²) in [5, 5.41) is 1.79. The molecule has 2 aromatic carbocycles. The van der Waals surface area contributed by atoms with E-state index in [2.05, 4.69) is 13.8 Å². The number of hydrogen-bond acceptors (Lipinski definition) is 5. The maximum atomic E-state index is 13.6. The van der Waals surface area contributed by atoms with Crippen LogP contribution in [0, 0.1) is 6.92 Å². The Morgan fingerprint density at radius 1 is 1.37 bits per heavy atom. The van der Waals surface area contributed by atoms with Gasteiger partial charge in [0.2, 0.25) is 0 Å². The van der Waals surface area contributed by atoms with Crippen LogP contribution in [0.5, 0.6) is 0 Å². The van der Waals surface area contributed by atoms with Crippen molar-refractivity contribution in [3.05, 3.63) is 52.5 Å². The van der Waals surface area contributed by atoms with Crippen molar-refractivity contribution in [2.75, 3.05) is 18.1 Å². The quantitative estimate of drug-likeness (QED) is 0.389. The van der Waals surface area contributed by atoms with Crippen LogP contribution in [0.25, 0.3) is 10.2 Å². The normalized spacial score (nSPS) is 16.5. The summed E-state index contributed by atoms with van der Waals surface area (Å²) in [6.45, 7) is 7.56. The largest absolute Gasteiger partial charge is 0.376 e. The Balaban J connectivity index is 1.72. The molecule has 158 valence electrons. The molecule has 4 rings (SSSR count). The Morgan fingerprint density at radius 3 is 2.90 bits per heavy atom. The number of halogens is 1. The van der Waals surface area contributed by atoms with E-state index in [-0.39, 0.29) is 12.0 Å². The summed E-state index contributed by atoms with van der Waals surface area (Å²) >= 11 is 9.64. The predicted molar refractivity (Wildman–Crippen MR) is 127 cm³/mol. The second-order valence-corrected chi connectivity index (χ2v) is 10.8. The molecule has 0 aliphatic carbocycles. The van der Waals surface area contributed by atoms with Gasteiger partial charge in [0.25, 0.3) is 5.91 Å². The number of anilines is 1. The number of carbonyl (C=O) groups excluding carboxylic acids is 1. The lowest BCUT2D eigenvalue weighted by Crippen LogP contribution is -2.37. The number of thioether (sulfide) groups is 1. The monoisotopic (exact) mass is 460 g/mol. The zero-order valence-corrected chi connectivity index (χ0v) is 19.7. The molecule has 3 aromatic rings. The van der Waals surface area contributed by atoms with Crippen LogP contribution < -0.4 is 4.90 Å². The third kappa shape index (κ3) is 4.67. The van der Waals surface area contributed by atoms with E-state index < -0.39 is 0 Å². The van der Waals surface area contributed by atoms with E-state index >= 15 is 0 Å². The van der Waals surface area contributed by atoms with Crippen molar-refractivity contribution in [3.8, 4) is 0 Å². The number of fused-ring (bicyclic) bond motifs is 1. The molecular formula is C23H25ClN2O2S2. The third-order valence-corrected chi connectivity index (χ3v) is 7.56. The van der Waals surface area contributed by atoms with Gasteiger partial charge in [0, 0.05) is 22.3 Å². The van der Waals surface area contributed by atoms with Crippen molar-refractivity contribution in [2.45, 2.75) is 49.9 Å². The molecule has 0 spiro atoms. The van der Waals surface area contributed by atoms with Crippen LogP contribution in [0.2, 0.25) is 5.02 Å². The molecule has 0 N–H and O–H groups in total. The Hall–Kier alpha value is -1.60. The van der Waals surface area contributed by atoms with Crippen LogP contribution in [-0.4, -0.2) is 35.4 Å². The molecule has 1 aliphatic heterocycles. The number of amides is 1. The smallest absolute Gasteiger partial charge is 0.260 e. The average Bonchev–Trinajstić information content (AvgIpc) is 3.38. The van der Waals surface area contributed by atoms with Gasteiger partial charge in [-0.2, -0.15) is 0 Å². The predicted octanol–water partition coefficient (Wildman–Crippen LogP) is 6.58. The number of nitrogens with zero attached hydrogens (tertiary/aromatic N) is 2. The summed E-state index contributed by atoms with van der Waals surface area (Å²) in [6, 6.07) is 11.7. The fraction of sp³-hybridized carbons (Fsp3) is 0.391. The summed E-state index contributed by atoms with van der Waals surface area (Å²) in [5.74, 6) is -0.0514. The number of ether oxygens (including phenoxy) is 1. The van der Waals surface area contributed by atoms with Crippen LogP contribution in [0.1, 0.15) is 42.6 Å². The minimum atomic E-state index is -0.0514. The van der Waals surface area contributed by atoms with E-state index in [4.69, 9.17) is 21.3 Å². The summed E-state index contributed by atoms with van der Waals surface area (Å²) in [5.41, 5.74) is 2.58. The van der Waals surface area contributed by atoms with Gasteiger partial charge in [0.1, 0.15) is 0 Å². The van der Waals surface area contributed by atoms with E-state index in [1.807, 2.05) is 43.3 Å². The number of aryl methyl sites for hydroxylation is 1. The minimum absolute atomic E-state index is 0.0331. The fourth-order valence-electron chi connectivity index (χ4n) is 3.58. The summed E-state index contributed by atoms with van der Waals surface area (Å²) in [7, 11) is 0. The van der Waals surface area contributed by atoms with Crippen molar-refractivity contribution < 1.29 is 9.53 Å². The van der Waals surface area contributed by atoms with Crippen LogP contribution in [0.15, 0.2) is 41.3 Å². The lowest BCUT2D eigenvalue weighted by molar-refractivity contribution is 0.0917. The van der Waals surface area contributed by atoms with Crippen molar-refractivity contribution in [1.82, 2.24) is 4.98 Å². The number of thiazole rings is 1. The van der Waals surface area contributed by atoms with E-state index in [9.17, 15) is 4.79 Å². The molecule has 2 heterocycles. The second-order valence-electron chi connectivity index (χ2n) is 7.78. The Labute approximate surface area is 190 Å². The highest BCUT2D eigenvalue weighted by Crippen LogP contribution is 2.37.